The maximum absolute atomic E-state index is 12.2. The maximum atomic E-state index is 12.2. The van der Waals surface area contributed by atoms with Crippen LogP contribution in [0.1, 0.15) is 61.6 Å². The number of furan rings is 1. The molecule has 0 unspecified atom stereocenters. The van der Waals surface area contributed by atoms with Crippen LogP contribution in [0.25, 0.3) is 0 Å². The number of carboxylic acid groups (broad SMARTS) is 1. The van der Waals surface area contributed by atoms with Gasteiger partial charge in [-0.3, -0.25) is 9.59 Å². The van der Waals surface area contributed by atoms with Crippen molar-refractivity contribution >= 4 is 11.9 Å². The molecule has 0 spiro atoms. The molecule has 2 rings (SSSR count). The van der Waals surface area contributed by atoms with Crippen molar-refractivity contribution in [2.75, 3.05) is 6.54 Å². The Labute approximate surface area is 124 Å². The molecule has 21 heavy (non-hydrogen) atoms. The molecule has 1 fully saturated rings. The second-order valence-electron chi connectivity index (χ2n) is 5.92. The SMILES string of the molecule is CCc1occc1C(=O)NCC1(CC(=O)O)CCCCC1. The second kappa shape index (κ2) is 6.78. The number of hydrogen-bond acceptors (Lipinski definition) is 3. The summed E-state index contributed by atoms with van der Waals surface area (Å²) in [6.45, 7) is 2.36. The third-order valence-electron chi connectivity index (χ3n) is 4.38. The fraction of sp³-hybridized carbons (Fsp3) is 0.625. The molecule has 1 aromatic heterocycles. The summed E-state index contributed by atoms with van der Waals surface area (Å²) in [5.41, 5.74) is 0.259. The molecular formula is C16H23NO4. The van der Waals surface area contributed by atoms with Gasteiger partial charge in [-0.2, -0.15) is 0 Å². The van der Waals surface area contributed by atoms with Crippen molar-refractivity contribution in [1.82, 2.24) is 5.32 Å². The van der Waals surface area contributed by atoms with Crippen LogP contribution in [-0.2, 0) is 11.2 Å². The summed E-state index contributed by atoms with van der Waals surface area (Å²) in [6, 6.07) is 1.67. The first kappa shape index (κ1) is 15.6. The minimum atomic E-state index is -0.788. The summed E-state index contributed by atoms with van der Waals surface area (Å²) < 4.78 is 5.26. The summed E-state index contributed by atoms with van der Waals surface area (Å²) in [5.74, 6) is -0.289. The standard InChI is InChI=1S/C16H23NO4/c1-2-13-12(6-9-21-13)15(20)17-11-16(10-14(18)19)7-4-3-5-8-16/h6,9H,2-5,7-8,10-11H2,1H3,(H,17,20)(H,18,19). The molecular weight excluding hydrogens is 270 g/mol. The van der Waals surface area contributed by atoms with Crippen LogP contribution >= 0.6 is 0 Å². The number of carboxylic acids is 1. The van der Waals surface area contributed by atoms with Crippen molar-refractivity contribution in [3.63, 3.8) is 0 Å². The predicted octanol–water partition coefficient (Wildman–Crippen LogP) is 3.00. The van der Waals surface area contributed by atoms with E-state index in [0.717, 1.165) is 32.1 Å². The lowest BCUT2D eigenvalue weighted by Crippen LogP contribution is -2.40. The van der Waals surface area contributed by atoms with Gasteiger partial charge in [-0.25, -0.2) is 0 Å². The van der Waals surface area contributed by atoms with Gasteiger partial charge in [0.15, 0.2) is 0 Å². The molecule has 1 heterocycles. The summed E-state index contributed by atoms with van der Waals surface area (Å²) in [7, 11) is 0. The molecule has 1 aliphatic rings. The lowest BCUT2D eigenvalue weighted by molar-refractivity contribution is -0.140. The molecule has 0 atom stereocenters. The molecule has 0 aliphatic heterocycles. The van der Waals surface area contributed by atoms with Gasteiger partial charge in [0.05, 0.1) is 18.2 Å². The molecule has 5 nitrogen and oxygen atoms in total. The first-order chi connectivity index (χ1) is 10.1. The van der Waals surface area contributed by atoms with E-state index in [0.29, 0.717) is 24.3 Å². The largest absolute Gasteiger partial charge is 0.481 e. The van der Waals surface area contributed by atoms with Crippen molar-refractivity contribution in [2.24, 2.45) is 5.41 Å². The maximum Gasteiger partial charge on any atom is 0.303 e. The highest BCUT2D eigenvalue weighted by Crippen LogP contribution is 2.38. The number of aliphatic carboxylic acids is 1. The molecule has 1 aromatic rings. The molecule has 5 heteroatoms. The Kier molecular flexibility index (Phi) is 5.04. The van der Waals surface area contributed by atoms with Crippen LogP contribution in [0, 0.1) is 5.41 Å². The fourth-order valence-corrected chi connectivity index (χ4v) is 3.22. The average molecular weight is 293 g/mol. The van der Waals surface area contributed by atoms with Crippen LogP contribution in [-0.4, -0.2) is 23.5 Å². The first-order valence-electron chi connectivity index (χ1n) is 7.63. The third kappa shape index (κ3) is 3.86. The molecule has 1 amide bonds. The molecule has 0 bridgehead atoms. The minimum Gasteiger partial charge on any atom is -0.481 e. The van der Waals surface area contributed by atoms with Crippen LogP contribution < -0.4 is 5.32 Å². The van der Waals surface area contributed by atoms with Gasteiger partial charge in [-0.15, -0.1) is 0 Å². The van der Waals surface area contributed by atoms with E-state index in [1.165, 1.54) is 6.26 Å². The van der Waals surface area contributed by atoms with Gasteiger partial charge < -0.3 is 14.8 Å². The third-order valence-corrected chi connectivity index (χ3v) is 4.38. The van der Waals surface area contributed by atoms with E-state index in [-0.39, 0.29) is 17.7 Å². The molecule has 116 valence electrons. The number of hydrogen-bond donors (Lipinski definition) is 2. The molecule has 0 saturated heterocycles. The summed E-state index contributed by atoms with van der Waals surface area (Å²) in [4.78, 5) is 23.4. The molecule has 0 aromatic carbocycles. The van der Waals surface area contributed by atoms with E-state index in [2.05, 4.69) is 5.32 Å². The Morgan fingerprint density at radius 2 is 2.05 bits per heavy atom. The highest BCUT2D eigenvalue weighted by Gasteiger charge is 2.35. The highest BCUT2D eigenvalue weighted by atomic mass is 16.4. The van der Waals surface area contributed by atoms with Gasteiger partial charge >= 0.3 is 5.97 Å². The van der Waals surface area contributed by atoms with Gasteiger partial charge in [0.1, 0.15) is 5.76 Å². The summed E-state index contributed by atoms with van der Waals surface area (Å²) in [5, 5.41) is 12.0. The van der Waals surface area contributed by atoms with Crippen molar-refractivity contribution < 1.29 is 19.1 Å². The van der Waals surface area contributed by atoms with E-state index in [1.807, 2.05) is 6.92 Å². The zero-order valence-electron chi connectivity index (χ0n) is 12.5. The van der Waals surface area contributed by atoms with Crippen molar-refractivity contribution in [1.29, 1.82) is 0 Å². The van der Waals surface area contributed by atoms with Gasteiger partial charge in [0.25, 0.3) is 5.91 Å². The fourth-order valence-electron chi connectivity index (χ4n) is 3.22. The number of rotatable bonds is 6. The van der Waals surface area contributed by atoms with Gasteiger partial charge in [0, 0.05) is 13.0 Å². The van der Waals surface area contributed by atoms with E-state index in [1.54, 1.807) is 6.07 Å². The van der Waals surface area contributed by atoms with E-state index in [4.69, 9.17) is 9.52 Å². The van der Waals surface area contributed by atoms with Crippen molar-refractivity contribution in [3.8, 4) is 0 Å². The van der Waals surface area contributed by atoms with Gasteiger partial charge in [-0.05, 0) is 24.3 Å². The van der Waals surface area contributed by atoms with Crippen LogP contribution in [0.3, 0.4) is 0 Å². The van der Waals surface area contributed by atoms with Crippen LogP contribution in [0.5, 0.6) is 0 Å². The van der Waals surface area contributed by atoms with Gasteiger partial charge in [0.2, 0.25) is 0 Å². The second-order valence-corrected chi connectivity index (χ2v) is 5.92. The topological polar surface area (TPSA) is 79.5 Å². The Morgan fingerprint density at radius 1 is 1.33 bits per heavy atom. The van der Waals surface area contributed by atoms with Gasteiger partial charge in [-0.1, -0.05) is 26.2 Å². The van der Waals surface area contributed by atoms with E-state index >= 15 is 0 Å². The Hall–Kier alpha value is -1.78. The normalized spacial score (nSPS) is 17.4. The number of amides is 1. The van der Waals surface area contributed by atoms with Crippen LogP contribution in [0.15, 0.2) is 16.7 Å². The number of aryl methyl sites for hydroxylation is 1. The Balaban J connectivity index is 2.01. The predicted molar refractivity (Wildman–Crippen MR) is 78.2 cm³/mol. The van der Waals surface area contributed by atoms with E-state index in [9.17, 15) is 9.59 Å². The number of carbonyl (C=O) groups is 2. The van der Waals surface area contributed by atoms with Crippen LogP contribution in [0.4, 0.5) is 0 Å². The zero-order valence-corrected chi connectivity index (χ0v) is 12.5. The molecule has 1 saturated carbocycles. The Bertz CT molecular complexity index is 500. The first-order valence-corrected chi connectivity index (χ1v) is 7.63. The van der Waals surface area contributed by atoms with E-state index < -0.39 is 5.97 Å². The summed E-state index contributed by atoms with van der Waals surface area (Å²) >= 11 is 0. The highest BCUT2D eigenvalue weighted by molar-refractivity contribution is 5.95. The molecule has 1 aliphatic carbocycles. The van der Waals surface area contributed by atoms with Crippen molar-refractivity contribution in [3.05, 3.63) is 23.7 Å². The summed E-state index contributed by atoms with van der Waals surface area (Å²) in [6.07, 6.45) is 7.26. The number of nitrogens with one attached hydrogen (secondary N) is 1. The molecule has 2 N–H and O–H groups in total. The lowest BCUT2D eigenvalue weighted by Gasteiger charge is -2.36. The molecule has 0 radical (unpaired) electrons. The Morgan fingerprint density at radius 3 is 2.67 bits per heavy atom. The monoisotopic (exact) mass is 293 g/mol. The quantitative estimate of drug-likeness (QED) is 0.845. The zero-order chi connectivity index (χ0) is 15.3. The average Bonchev–Trinajstić information content (AvgIpc) is 2.93. The van der Waals surface area contributed by atoms with Crippen molar-refractivity contribution in [2.45, 2.75) is 51.9 Å². The number of carbonyl (C=O) groups excluding carboxylic acids is 1. The smallest absolute Gasteiger partial charge is 0.303 e. The minimum absolute atomic E-state index is 0.124. The van der Waals surface area contributed by atoms with Crippen LogP contribution in [0.2, 0.25) is 0 Å². The lowest BCUT2D eigenvalue weighted by atomic mass is 9.71.